The molecule has 4 rings (SSSR count). The lowest BCUT2D eigenvalue weighted by molar-refractivity contribution is -0.115. The van der Waals surface area contributed by atoms with E-state index in [1.54, 1.807) is 11.1 Å². The van der Waals surface area contributed by atoms with Gasteiger partial charge in [-0.1, -0.05) is 43.3 Å². The van der Waals surface area contributed by atoms with Gasteiger partial charge in [-0.15, -0.1) is 0 Å². The number of fused-ring (bicyclic) bond motifs is 1. The topological polar surface area (TPSA) is 71.6 Å². The first-order valence-electron chi connectivity index (χ1n) is 10.7. The Morgan fingerprint density at radius 2 is 2.13 bits per heavy atom. The molecule has 5 nitrogen and oxygen atoms in total. The molecule has 1 unspecified atom stereocenters. The number of rotatable bonds is 3. The summed E-state index contributed by atoms with van der Waals surface area (Å²) >= 11 is 0. The third kappa shape index (κ3) is 4.38. The van der Waals surface area contributed by atoms with Crippen molar-refractivity contribution in [2.75, 3.05) is 6.54 Å². The number of aromatic nitrogens is 1. The minimum Gasteiger partial charge on any atom is -0.400 e. The van der Waals surface area contributed by atoms with Crippen molar-refractivity contribution in [1.29, 1.82) is 0 Å². The average Bonchev–Trinajstić information content (AvgIpc) is 2.75. The number of aliphatic imine (C=N–C) groups is 1. The lowest BCUT2D eigenvalue weighted by Crippen LogP contribution is -2.31. The Morgan fingerprint density at radius 1 is 1.30 bits per heavy atom. The van der Waals surface area contributed by atoms with Gasteiger partial charge in [0, 0.05) is 35.8 Å². The van der Waals surface area contributed by atoms with Gasteiger partial charge < -0.3 is 10.6 Å². The summed E-state index contributed by atoms with van der Waals surface area (Å²) in [4.78, 5) is 22.6. The molecule has 0 saturated heterocycles. The number of amides is 1. The van der Waals surface area contributed by atoms with Crippen molar-refractivity contribution in [3.63, 3.8) is 0 Å². The summed E-state index contributed by atoms with van der Waals surface area (Å²) in [5, 5.41) is 0. The van der Waals surface area contributed by atoms with E-state index in [0.717, 1.165) is 47.4 Å². The van der Waals surface area contributed by atoms with E-state index >= 15 is 0 Å². The third-order valence-electron chi connectivity index (χ3n) is 5.94. The van der Waals surface area contributed by atoms with Crippen LogP contribution in [0.2, 0.25) is 0 Å². The lowest BCUT2D eigenvalue weighted by atomic mass is 9.87. The lowest BCUT2D eigenvalue weighted by Gasteiger charge is -2.27. The summed E-state index contributed by atoms with van der Waals surface area (Å²) in [5.74, 6) is 6.28. The molecule has 1 saturated carbocycles. The molecule has 2 N–H and O–H groups in total. The first-order chi connectivity index (χ1) is 14.7. The molecule has 0 aromatic carbocycles. The van der Waals surface area contributed by atoms with Crippen LogP contribution in [0.15, 0.2) is 46.9 Å². The van der Waals surface area contributed by atoms with Crippen LogP contribution in [0.3, 0.4) is 0 Å². The van der Waals surface area contributed by atoms with E-state index in [0.29, 0.717) is 24.7 Å². The number of carbonyl (C=O) groups is 1. The smallest absolute Gasteiger partial charge is 0.213 e. The Hall–Kier alpha value is -3.13. The van der Waals surface area contributed by atoms with Gasteiger partial charge in [-0.3, -0.25) is 14.8 Å². The highest BCUT2D eigenvalue weighted by Crippen LogP contribution is 2.30. The zero-order chi connectivity index (χ0) is 20.9. The van der Waals surface area contributed by atoms with E-state index < -0.39 is 0 Å². The standard InChI is InChI=1S/C25H28N4O/c1-18-14-19-8-4-2-7-11-21(22(19)15-27-18)25(26)23-16-29(17-30)13-12-24(23)28-20-9-5-3-6-10-20/h4,8,12-15,17,20-21H,2-3,5-6,9-10,16,26H2,1H3. The van der Waals surface area contributed by atoms with E-state index in [-0.39, 0.29) is 5.92 Å². The summed E-state index contributed by atoms with van der Waals surface area (Å²) in [6, 6.07) is 2.39. The van der Waals surface area contributed by atoms with Gasteiger partial charge in [-0.2, -0.15) is 0 Å². The van der Waals surface area contributed by atoms with Gasteiger partial charge in [0.25, 0.3) is 0 Å². The van der Waals surface area contributed by atoms with Crippen LogP contribution in [-0.4, -0.2) is 34.6 Å². The van der Waals surface area contributed by atoms with Crippen molar-refractivity contribution in [2.24, 2.45) is 10.7 Å². The van der Waals surface area contributed by atoms with Crippen molar-refractivity contribution < 1.29 is 4.79 Å². The van der Waals surface area contributed by atoms with Gasteiger partial charge in [0.15, 0.2) is 0 Å². The summed E-state index contributed by atoms with van der Waals surface area (Å²) in [5.41, 5.74) is 12.3. The van der Waals surface area contributed by atoms with Crippen LogP contribution in [0.4, 0.5) is 0 Å². The maximum Gasteiger partial charge on any atom is 0.213 e. The SMILES string of the molecule is Cc1cc2c(cn1)C(C(N)=C1CN(C=O)C=CC1=NC1CCCCC1)C#CCC=C2. The molecule has 0 spiro atoms. The van der Waals surface area contributed by atoms with Crippen LogP contribution in [0.1, 0.15) is 61.3 Å². The summed E-state index contributed by atoms with van der Waals surface area (Å²) in [6.07, 6.45) is 17.2. The van der Waals surface area contributed by atoms with Crippen molar-refractivity contribution in [3.05, 3.63) is 58.7 Å². The van der Waals surface area contributed by atoms with Crippen LogP contribution >= 0.6 is 0 Å². The van der Waals surface area contributed by atoms with Gasteiger partial charge in [0.05, 0.1) is 24.2 Å². The van der Waals surface area contributed by atoms with Gasteiger partial charge in [0.1, 0.15) is 0 Å². The largest absolute Gasteiger partial charge is 0.400 e. The predicted octanol–water partition coefficient (Wildman–Crippen LogP) is 3.87. The number of allylic oxidation sites excluding steroid dienone is 3. The molecule has 1 aliphatic heterocycles. The van der Waals surface area contributed by atoms with Crippen LogP contribution in [0.25, 0.3) is 6.08 Å². The second kappa shape index (κ2) is 9.13. The Morgan fingerprint density at radius 3 is 2.93 bits per heavy atom. The van der Waals surface area contributed by atoms with E-state index in [4.69, 9.17) is 10.7 Å². The molecule has 5 heteroatoms. The van der Waals surface area contributed by atoms with Gasteiger partial charge in [0.2, 0.25) is 6.41 Å². The van der Waals surface area contributed by atoms with Crippen molar-refractivity contribution in [2.45, 2.75) is 57.4 Å². The number of aryl methyl sites for hydroxylation is 1. The van der Waals surface area contributed by atoms with Crippen LogP contribution in [0.5, 0.6) is 0 Å². The second-order valence-corrected chi connectivity index (χ2v) is 8.15. The molecule has 30 heavy (non-hydrogen) atoms. The maximum absolute atomic E-state index is 11.5. The summed E-state index contributed by atoms with van der Waals surface area (Å²) < 4.78 is 0. The highest BCUT2D eigenvalue weighted by Gasteiger charge is 2.25. The molecule has 0 bridgehead atoms. The zero-order valence-electron chi connectivity index (χ0n) is 17.5. The fraction of sp³-hybridized carbons (Fsp3) is 0.400. The number of pyridine rings is 1. The highest BCUT2D eigenvalue weighted by molar-refractivity contribution is 6.10. The molecule has 0 radical (unpaired) electrons. The number of hydrogen-bond donors (Lipinski definition) is 1. The van der Waals surface area contributed by atoms with Gasteiger partial charge >= 0.3 is 0 Å². The molecule has 1 aromatic heterocycles. The van der Waals surface area contributed by atoms with Crippen molar-refractivity contribution in [3.8, 4) is 11.8 Å². The van der Waals surface area contributed by atoms with E-state index in [9.17, 15) is 4.79 Å². The highest BCUT2D eigenvalue weighted by atomic mass is 16.1. The monoisotopic (exact) mass is 400 g/mol. The molecule has 1 aromatic rings. The Balaban J connectivity index is 1.79. The third-order valence-corrected chi connectivity index (χ3v) is 5.94. The first-order valence-corrected chi connectivity index (χ1v) is 10.7. The number of hydrogen-bond acceptors (Lipinski definition) is 4. The van der Waals surface area contributed by atoms with E-state index in [1.165, 1.54) is 19.3 Å². The predicted molar refractivity (Wildman–Crippen MR) is 121 cm³/mol. The summed E-state index contributed by atoms with van der Waals surface area (Å²) in [6.45, 7) is 2.40. The number of nitrogens with zero attached hydrogens (tertiary/aromatic N) is 3. The second-order valence-electron chi connectivity index (χ2n) is 8.15. The average molecular weight is 401 g/mol. The summed E-state index contributed by atoms with van der Waals surface area (Å²) in [7, 11) is 0. The van der Waals surface area contributed by atoms with E-state index in [2.05, 4.69) is 35.0 Å². The zero-order valence-corrected chi connectivity index (χ0v) is 17.5. The molecule has 1 amide bonds. The molecular weight excluding hydrogens is 372 g/mol. The fourth-order valence-electron chi connectivity index (χ4n) is 4.30. The number of carbonyl (C=O) groups excluding carboxylic acids is 1. The van der Waals surface area contributed by atoms with Crippen molar-refractivity contribution >= 4 is 18.2 Å². The molecule has 1 fully saturated rings. The van der Waals surface area contributed by atoms with Crippen LogP contribution in [-0.2, 0) is 4.79 Å². The fourth-order valence-corrected chi connectivity index (χ4v) is 4.30. The first kappa shape index (κ1) is 20.2. The van der Waals surface area contributed by atoms with Crippen LogP contribution < -0.4 is 5.73 Å². The Bertz CT molecular complexity index is 1000. The van der Waals surface area contributed by atoms with E-state index in [1.807, 2.05) is 19.2 Å². The number of nitrogens with two attached hydrogens (primary N) is 1. The molecule has 154 valence electrons. The molecule has 1 atom stereocenters. The van der Waals surface area contributed by atoms with Crippen molar-refractivity contribution in [1.82, 2.24) is 9.88 Å². The van der Waals surface area contributed by atoms with Gasteiger partial charge in [-0.25, -0.2) is 0 Å². The molecule has 3 aliphatic rings. The Kier molecular flexibility index (Phi) is 6.13. The minimum atomic E-state index is -0.274. The normalized spacial score (nSPS) is 24.5. The quantitative estimate of drug-likeness (QED) is 0.618. The van der Waals surface area contributed by atoms with Crippen LogP contribution in [0, 0.1) is 18.8 Å². The molecule has 2 heterocycles. The maximum atomic E-state index is 11.5. The molecule has 2 aliphatic carbocycles. The van der Waals surface area contributed by atoms with Gasteiger partial charge in [-0.05, 0) is 43.0 Å². The Labute approximate surface area is 178 Å². The molecular formula is C25H28N4O. The minimum absolute atomic E-state index is 0.274.